The fraction of sp³-hybridized carbons (Fsp3) is 0.360. The Morgan fingerprint density at radius 1 is 1.03 bits per heavy atom. The highest BCUT2D eigenvalue weighted by Crippen LogP contribution is 2.36. The number of amides is 1. The zero-order valence-corrected chi connectivity index (χ0v) is 18.1. The predicted octanol–water partition coefficient (Wildman–Crippen LogP) is 3.17. The van der Waals surface area contributed by atoms with Crippen molar-refractivity contribution >= 4 is 17.3 Å². The maximum Gasteiger partial charge on any atom is 0.235 e. The van der Waals surface area contributed by atoms with Gasteiger partial charge in [-0.05, 0) is 55.3 Å². The van der Waals surface area contributed by atoms with Crippen LogP contribution in [0.4, 0.5) is 11.4 Å². The van der Waals surface area contributed by atoms with Gasteiger partial charge in [0.2, 0.25) is 5.91 Å². The van der Waals surface area contributed by atoms with E-state index in [2.05, 4.69) is 62.1 Å². The molecule has 166 valence electrons. The number of morpholine rings is 1. The van der Waals surface area contributed by atoms with E-state index in [0.29, 0.717) is 0 Å². The maximum atomic E-state index is 13.7. The van der Waals surface area contributed by atoms with Crippen LogP contribution in [-0.4, -0.2) is 55.5 Å². The Hall–Kier alpha value is -3.16. The number of hydrogen-bond donors (Lipinski definition) is 3. The van der Waals surface area contributed by atoms with Gasteiger partial charge in [0.15, 0.2) is 0 Å². The Kier molecular flexibility index (Phi) is 5.92. The lowest BCUT2D eigenvalue weighted by molar-refractivity contribution is -0.122. The molecule has 0 bridgehead atoms. The Balaban J connectivity index is 1.39. The molecule has 5 rings (SSSR count). The smallest absolute Gasteiger partial charge is 0.235 e. The summed E-state index contributed by atoms with van der Waals surface area (Å²) in [7, 11) is 0. The Labute approximate surface area is 188 Å². The minimum Gasteiger partial charge on any atom is -0.378 e. The highest BCUT2D eigenvalue weighted by atomic mass is 16.5. The molecule has 0 aliphatic carbocycles. The molecule has 3 N–H and O–H groups in total. The van der Waals surface area contributed by atoms with Gasteiger partial charge < -0.3 is 20.3 Å². The molecule has 1 aromatic heterocycles. The van der Waals surface area contributed by atoms with Crippen LogP contribution in [0.15, 0.2) is 60.9 Å². The highest BCUT2D eigenvalue weighted by molar-refractivity contribution is 5.99. The number of carbonyl (C=O) groups excluding carboxylic acids is 1. The summed E-state index contributed by atoms with van der Waals surface area (Å²) in [6.45, 7) is 4.87. The number of nitrogens with one attached hydrogen (secondary N) is 3. The standard InChI is InChI=1S/C25H29N5O2/c31-24(29-22-2-1-3-23(16-22)30-12-14-32-15-13-30)25(8-10-26-11-9-25)21-6-4-19(5-7-21)20-17-27-28-18-20/h1-7,16-18,26H,8-15H2,(H,27,28)(H,29,31). The number of piperidine rings is 1. The van der Waals surface area contributed by atoms with E-state index in [0.717, 1.165) is 80.3 Å². The fourth-order valence-electron chi connectivity index (χ4n) is 4.74. The second-order valence-corrected chi connectivity index (χ2v) is 8.50. The third kappa shape index (κ3) is 4.13. The van der Waals surface area contributed by atoms with Crippen molar-refractivity contribution in [2.45, 2.75) is 18.3 Å². The van der Waals surface area contributed by atoms with Crippen LogP contribution in [0.2, 0.25) is 0 Å². The Morgan fingerprint density at radius 2 is 1.81 bits per heavy atom. The fourth-order valence-corrected chi connectivity index (χ4v) is 4.74. The number of carbonyl (C=O) groups is 1. The molecule has 32 heavy (non-hydrogen) atoms. The van der Waals surface area contributed by atoms with E-state index < -0.39 is 5.41 Å². The summed E-state index contributed by atoms with van der Waals surface area (Å²) in [4.78, 5) is 16.0. The number of nitrogens with zero attached hydrogens (tertiary/aromatic N) is 2. The van der Waals surface area contributed by atoms with Crippen LogP contribution in [-0.2, 0) is 14.9 Å². The molecular formula is C25H29N5O2. The summed E-state index contributed by atoms with van der Waals surface area (Å²) in [6, 6.07) is 16.5. The maximum absolute atomic E-state index is 13.7. The number of aromatic nitrogens is 2. The van der Waals surface area contributed by atoms with Gasteiger partial charge in [-0.2, -0.15) is 5.10 Å². The van der Waals surface area contributed by atoms with Crippen molar-refractivity contribution in [1.82, 2.24) is 15.5 Å². The Morgan fingerprint density at radius 3 is 2.53 bits per heavy atom. The van der Waals surface area contributed by atoms with Crippen molar-refractivity contribution in [1.29, 1.82) is 0 Å². The van der Waals surface area contributed by atoms with E-state index in [1.165, 1.54) is 0 Å². The van der Waals surface area contributed by atoms with E-state index in [9.17, 15) is 4.79 Å². The van der Waals surface area contributed by atoms with Crippen LogP contribution >= 0.6 is 0 Å². The first-order valence-electron chi connectivity index (χ1n) is 11.3. The van der Waals surface area contributed by atoms with Gasteiger partial charge in [-0.1, -0.05) is 30.3 Å². The number of benzene rings is 2. The molecule has 2 aliphatic heterocycles. The first-order valence-corrected chi connectivity index (χ1v) is 11.3. The zero-order valence-electron chi connectivity index (χ0n) is 18.1. The van der Waals surface area contributed by atoms with Gasteiger partial charge in [-0.3, -0.25) is 9.89 Å². The normalized spacial score (nSPS) is 18.3. The van der Waals surface area contributed by atoms with Crippen molar-refractivity contribution in [2.75, 3.05) is 49.6 Å². The monoisotopic (exact) mass is 431 g/mol. The molecule has 7 nitrogen and oxygen atoms in total. The largest absolute Gasteiger partial charge is 0.378 e. The molecule has 2 saturated heterocycles. The molecule has 3 aromatic rings. The minimum atomic E-state index is -0.546. The molecule has 1 amide bonds. The van der Waals surface area contributed by atoms with Crippen LogP contribution in [0.5, 0.6) is 0 Å². The minimum absolute atomic E-state index is 0.0641. The number of ether oxygens (including phenoxy) is 1. The summed E-state index contributed by atoms with van der Waals surface area (Å²) in [5.41, 5.74) is 4.61. The molecule has 0 unspecified atom stereocenters. The molecule has 0 atom stereocenters. The van der Waals surface area contributed by atoms with Crippen molar-refractivity contribution in [3.63, 3.8) is 0 Å². The molecule has 2 aromatic carbocycles. The summed E-state index contributed by atoms with van der Waals surface area (Å²) in [5.74, 6) is 0.0641. The molecule has 3 heterocycles. The second kappa shape index (κ2) is 9.14. The van der Waals surface area contributed by atoms with Crippen LogP contribution in [0, 0.1) is 0 Å². The van der Waals surface area contributed by atoms with Gasteiger partial charge in [0.25, 0.3) is 0 Å². The number of anilines is 2. The molecule has 2 fully saturated rings. The van der Waals surface area contributed by atoms with Crippen LogP contribution < -0.4 is 15.5 Å². The number of aromatic amines is 1. The predicted molar refractivity (Wildman–Crippen MR) is 126 cm³/mol. The molecule has 7 heteroatoms. The van der Waals surface area contributed by atoms with Gasteiger partial charge in [-0.25, -0.2) is 0 Å². The van der Waals surface area contributed by atoms with Gasteiger partial charge in [-0.15, -0.1) is 0 Å². The summed E-state index contributed by atoms with van der Waals surface area (Å²) in [5, 5.41) is 13.5. The number of H-pyrrole nitrogens is 1. The van der Waals surface area contributed by atoms with Crippen molar-refractivity contribution in [2.24, 2.45) is 0 Å². The molecular weight excluding hydrogens is 402 g/mol. The third-order valence-electron chi connectivity index (χ3n) is 6.64. The topological polar surface area (TPSA) is 82.3 Å². The first-order chi connectivity index (χ1) is 15.7. The lowest BCUT2D eigenvalue weighted by atomic mass is 9.72. The van der Waals surface area contributed by atoms with Gasteiger partial charge in [0.1, 0.15) is 0 Å². The number of hydrogen-bond acceptors (Lipinski definition) is 5. The van der Waals surface area contributed by atoms with Crippen LogP contribution in [0.25, 0.3) is 11.1 Å². The van der Waals surface area contributed by atoms with E-state index in [1.54, 1.807) is 0 Å². The third-order valence-corrected chi connectivity index (χ3v) is 6.64. The van der Waals surface area contributed by atoms with Crippen molar-refractivity contribution in [3.8, 4) is 11.1 Å². The van der Waals surface area contributed by atoms with E-state index in [4.69, 9.17) is 4.74 Å². The lowest BCUT2D eigenvalue weighted by Crippen LogP contribution is -2.48. The summed E-state index contributed by atoms with van der Waals surface area (Å²) >= 11 is 0. The van der Waals surface area contributed by atoms with Gasteiger partial charge >= 0.3 is 0 Å². The van der Waals surface area contributed by atoms with Crippen LogP contribution in [0.3, 0.4) is 0 Å². The summed E-state index contributed by atoms with van der Waals surface area (Å²) < 4.78 is 5.47. The Bertz CT molecular complexity index is 1040. The molecule has 0 spiro atoms. The highest BCUT2D eigenvalue weighted by Gasteiger charge is 2.41. The quantitative estimate of drug-likeness (QED) is 0.578. The number of rotatable bonds is 5. The zero-order chi connectivity index (χ0) is 21.8. The average Bonchev–Trinajstić information content (AvgIpc) is 3.40. The average molecular weight is 432 g/mol. The molecule has 2 aliphatic rings. The SMILES string of the molecule is O=C(Nc1cccc(N2CCOCC2)c1)C1(c2ccc(-c3cn[nH]c3)cc2)CCNCC1. The lowest BCUT2D eigenvalue weighted by Gasteiger charge is -2.37. The van der Waals surface area contributed by atoms with Gasteiger partial charge in [0, 0.05) is 36.2 Å². The molecule has 0 saturated carbocycles. The van der Waals surface area contributed by atoms with E-state index in [-0.39, 0.29) is 5.91 Å². The van der Waals surface area contributed by atoms with Gasteiger partial charge in [0.05, 0.1) is 24.8 Å². The second-order valence-electron chi connectivity index (χ2n) is 8.50. The summed E-state index contributed by atoms with van der Waals surface area (Å²) in [6.07, 6.45) is 5.23. The van der Waals surface area contributed by atoms with Crippen LogP contribution in [0.1, 0.15) is 18.4 Å². The first kappa shape index (κ1) is 20.7. The van der Waals surface area contributed by atoms with E-state index in [1.807, 2.05) is 24.5 Å². The van der Waals surface area contributed by atoms with Crippen molar-refractivity contribution < 1.29 is 9.53 Å². The molecule has 0 radical (unpaired) electrons. The van der Waals surface area contributed by atoms with Crippen molar-refractivity contribution in [3.05, 3.63) is 66.5 Å². The van der Waals surface area contributed by atoms with E-state index >= 15 is 0 Å².